The molecule has 0 aliphatic carbocycles. The zero-order chi connectivity index (χ0) is 24.6. The third-order valence-corrected chi connectivity index (χ3v) is 4.45. The van der Waals surface area contributed by atoms with Crippen LogP contribution in [0.4, 0.5) is 29.1 Å². The minimum absolute atomic E-state index is 0.00351. The summed E-state index contributed by atoms with van der Waals surface area (Å²) in [7, 11) is 0. The number of alkyl halides is 3. The van der Waals surface area contributed by atoms with Gasteiger partial charge in [-0.2, -0.15) is 13.2 Å². The van der Waals surface area contributed by atoms with Gasteiger partial charge in [0.05, 0.1) is 16.8 Å². The number of pyridine rings is 1. The van der Waals surface area contributed by atoms with Gasteiger partial charge in [0, 0.05) is 19.3 Å². The third kappa shape index (κ3) is 6.67. The molecule has 0 saturated heterocycles. The lowest BCUT2D eigenvalue weighted by Gasteiger charge is -2.14. The first-order chi connectivity index (χ1) is 16.3. The predicted octanol–water partition coefficient (Wildman–Crippen LogP) is 4.10. The summed E-state index contributed by atoms with van der Waals surface area (Å²) in [5, 5.41) is 7.48. The van der Waals surface area contributed by atoms with Crippen molar-refractivity contribution in [3.05, 3.63) is 83.8 Å². The standard InChI is InChI=1S/C23H20F4N4O3/c24-17-8-2-3-9-18(17)31-20(32)14-34-19-10-4-1-6-15(19)22(33)30-13-12-29-21-16(23(25,26)27)7-5-11-28-21/h1-11H,12-14H2,(H,28,29)(H,30,33)(H,31,32). The maximum Gasteiger partial charge on any atom is 0.419 e. The average Bonchev–Trinajstić information content (AvgIpc) is 2.81. The average molecular weight is 476 g/mol. The Morgan fingerprint density at radius 3 is 2.44 bits per heavy atom. The van der Waals surface area contributed by atoms with Crippen molar-refractivity contribution in [3.63, 3.8) is 0 Å². The molecule has 178 valence electrons. The summed E-state index contributed by atoms with van der Waals surface area (Å²) in [6, 6.07) is 13.9. The summed E-state index contributed by atoms with van der Waals surface area (Å²) in [6.07, 6.45) is -3.33. The number of anilines is 2. The second kappa shape index (κ2) is 11.1. The van der Waals surface area contributed by atoms with Gasteiger partial charge in [-0.1, -0.05) is 24.3 Å². The van der Waals surface area contributed by atoms with Gasteiger partial charge in [0.15, 0.2) is 6.61 Å². The van der Waals surface area contributed by atoms with Crippen LogP contribution in [0.1, 0.15) is 15.9 Å². The maximum atomic E-state index is 13.6. The fourth-order valence-corrected chi connectivity index (χ4v) is 2.90. The number of nitrogens with zero attached hydrogens (tertiary/aromatic N) is 1. The highest BCUT2D eigenvalue weighted by Crippen LogP contribution is 2.33. The molecule has 0 atom stereocenters. The van der Waals surface area contributed by atoms with Gasteiger partial charge >= 0.3 is 6.18 Å². The van der Waals surface area contributed by atoms with Gasteiger partial charge in [-0.15, -0.1) is 0 Å². The van der Waals surface area contributed by atoms with Crippen molar-refractivity contribution in [1.82, 2.24) is 10.3 Å². The quantitative estimate of drug-likeness (QED) is 0.320. The molecule has 3 rings (SSSR count). The Morgan fingerprint density at radius 1 is 0.941 bits per heavy atom. The predicted molar refractivity (Wildman–Crippen MR) is 117 cm³/mol. The molecule has 3 N–H and O–H groups in total. The molecule has 2 aromatic carbocycles. The van der Waals surface area contributed by atoms with Gasteiger partial charge in [0.2, 0.25) is 0 Å². The second-order valence-electron chi connectivity index (χ2n) is 6.89. The largest absolute Gasteiger partial charge is 0.483 e. The lowest BCUT2D eigenvalue weighted by Crippen LogP contribution is -2.30. The smallest absolute Gasteiger partial charge is 0.419 e. The van der Waals surface area contributed by atoms with Gasteiger partial charge in [0.1, 0.15) is 17.4 Å². The topological polar surface area (TPSA) is 92.4 Å². The summed E-state index contributed by atoms with van der Waals surface area (Å²) >= 11 is 0. The molecule has 34 heavy (non-hydrogen) atoms. The fraction of sp³-hybridized carbons (Fsp3) is 0.174. The van der Waals surface area contributed by atoms with Crippen LogP contribution in [0.15, 0.2) is 66.9 Å². The van der Waals surface area contributed by atoms with Crippen molar-refractivity contribution in [2.24, 2.45) is 0 Å². The lowest BCUT2D eigenvalue weighted by atomic mass is 10.2. The van der Waals surface area contributed by atoms with Crippen LogP contribution >= 0.6 is 0 Å². The molecule has 0 fully saturated rings. The van der Waals surface area contributed by atoms with E-state index in [1.54, 1.807) is 18.2 Å². The van der Waals surface area contributed by atoms with Crippen molar-refractivity contribution >= 4 is 23.3 Å². The number of ether oxygens (including phenoxy) is 1. The molecule has 0 radical (unpaired) electrons. The monoisotopic (exact) mass is 476 g/mol. The minimum Gasteiger partial charge on any atom is -0.483 e. The van der Waals surface area contributed by atoms with Crippen molar-refractivity contribution in [1.29, 1.82) is 0 Å². The molecule has 0 aliphatic rings. The molecule has 0 spiro atoms. The summed E-state index contributed by atoms with van der Waals surface area (Å²) in [4.78, 5) is 28.3. The van der Waals surface area contributed by atoms with Crippen LogP contribution in [0.5, 0.6) is 5.75 Å². The summed E-state index contributed by atoms with van der Waals surface area (Å²) in [5.74, 6) is -2.00. The van der Waals surface area contributed by atoms with Crippen molar-refractivity contribution in [3.8, 4) is 5.75 Å². The summed E-state index contributed by atoms with van der Waals surface area (Å²) in [5.41, 5.74) is -0.792. The van der Waals surface area contributed by atoms with Crippen LogP contribution in [0.25, 0.3) is 0 Å². The van der Waals surface area contributed by atoms with Gasteiger partial charge in [-0.05, 0) is 36.4 Å². The number of carbonyl (C=O) groups is 2. The number of halogens is 4. The highest BCUT2D eigenvalue weighted by atomic mass is 19.4. The number of hydrogen-bond acceptors (Lipinski definition) is 5. The van der Waals surface area contributed by atoms with E-state index in [-0.39, 0.29) is 35.9 Å². The van der Waals surface area contributed by atoms with E-state index < -0.39 is 36.0 Å². The highest BCUT2D eigenvalue weighted by Gasteiger charge is 2.33. The van der Waals surface area contributed by atoms with E-state index >= 15 is 0 Å². The molecule has 3 aromatic rings. The van der Waals surface area contributed by atoms with Crippen LogP contribution in [0, 0.1) is 5.82 Å². The Labute approximate surface area is 192 Å². The number of para-hydroxylation sites is 2. The molecule has 7 nitrogen and oxygen atoms in total. The number of carbonyl (C=O) groups excluding carboxylic acids is 2. The Kier molecular flexibility index (Phi) is 8.01. The summed E-state index contributed by atoms with van der Waals surface area (Å²) in [6.45, 7) is -0.491. The molecule has 0 unspecified atom stereocenters. The van der Waals surface area contributed by atoms with Crippen molar-refractivity contribution < 1.29 is 31.9 Å². The minimum atomic E-state index is -4.56. The van der Waals surface area contributed by atoms with E-state index in [0.717, 1.165) is 6.07 Å². The Hall–Kier alpha value is -4.15. The van der Waals surface area contributed by atoms with Crippen molar-refractivity contribution in [2.75, 3.05) is 30.3 Å². The third-order valence-electron chi connectivity index (χ3n) is 4.45. The zero-order valence-corrected chi connectivity index (χ0v) is 17.7. The molecule has 1 aromatic heterocycles. The first-order valence-electron chi connectivity index (χ1n) is 10.1. The van der Waals surface area contributed by atoms with Gasteiger partial charge in [-0.3, -0.25) is 9.59 Å². The lowest BCUT2D eigenvalue weighted by molar-refractivity contribution is -0.137. The van der Waals surface area contributed by atoms with Crippen LogP contribution in [0.3, 0.4) is 0 Å². The summed E-state index contributed by atoms with van der Waals surface area (Å²) < 4.78 is 58.1. The second-order valence-corrected chi connectivity index (χ2v) is 6.89. The Morgan fingerprint density at radius 2 is 1.68 bits per heavy atom. The van der Waals surface area contributed by atoms with E-state index in [0.29, 0.717) is 0 Å². The van der Waals surface area contributed by atoms with Gasteiger partial charge in [0.25, 0.3) is 11.8 Å². The Bertz CT molecular complexity index is 1150. The number of hydrogen-bond donors (Lipinski definition) is 3. The van der Waals surface area contributed by atoms with E-state index in [2.05, 4.69) is 20.9 Å². The molecule has 0 bridgehead atoms. The molecule has 0 saturated carbocycles. The van der Waals surface area contributed by atoms with E-state index in [4.69, 9.17) is 4.74 Å². The van der Waals surface area contributed by atoms with Gasteiger partial charge < -0.3 is 20.7 Å². The van der Waals surface area contributed by atoms with Crippen molar-refractivity contribution in [2.45, 2.75) is 6.18 Å². The van der Waals surface area contributed by atoms with Crippen LogP contribution in [0.2, 0.25) is 0 Å². The maximum absolute atomic E-state index is 13.6. The SMILES string of the molecule is O=C(COc1ccccc1C(=O)NCCNc1ncccc1C(F)(F)F)Nc1ccccc1F. The molecular formula is C23H20F4N4O3. The number of nitrogens with one attached hydrogen (secondary N) is 3. The van der Waals surface area contributed by atoms with Crippen LogP contribution < -0.4 is 20.7 Å². The molecule has 0 aliphatic heterocycles. The normalized spacial score (nSPS) is 10.9. The van der Waals surface area contributed by atoms with E-state index in [1.807, 2.05) is 0 Å². The van der Waals surface area contributed by atoms with Crippen LogP contribution in [-0.4, -0.2) is 36.5 Å². The van der Waals surface area contributed by atoms with Crippen LogP contribution in [-0.2, 0) is 11.0 Å². The molecule has 2 amide bonds. The fourth-order valence-electron chi connectivity index (χ4n) is 2.90. The number of aromatic nitrogens is 1. The number of benzene rings is 2. The zero-order valence-electron chi connectivity index (χ0n) is 17.7. The Balaban J connectivity index is 1.52. The molecular weight excluding hydrogens is 456 g/mol. The van der Waals surface area contributed by atoms with Gasteiger partial charge in [-0.25, -0.2) is 9.37 Å². The number of rotatable bonds is 9. The first-order valence-corrected chi connectivity index (χ1v) is 10.1. The molecule has 11 heteroatoms. The highest BCUT2D eigenvalue weighted by molar-refractivity contribution is 5.97. The van der Waals surface area contributed by atoms with E-state index in [1.165, 1.54) is 42.6 Å². The number of amides is 2. The van der Waals surface area contributed by atoms with E-state index in [9.17, 15) is 27.2 Å². The molecule has 1 heterocycles. The first kappa shape index (κ1) is 24.5.